The molecule has 1 aromatic rings. The van der Waals surface area contributed by atoms with E-state index in [1.54, 1.807) is 0 Å². The van der Waals surface area contributed by atoms with Crippen LogP contribution in [0.2, 0.25) is 0 Å². The average molecular weight is 538 g/mol. The molecule has 5 rings (SSSR count). The van der Waals surface area contributed by atoms with Crippen molar-refractivity contribution in [2.75, 3.05) is 13.1 Å². The van der Waals surface area contributed by atoms with E-state index in [9.17, 15) is 14.7 Å². The van der Waals surface area contributed by atoms with Gasteiger partial charge in [0.1, 0.15) is 0 Å². The molecule has 6 nitrogen and oxygen atoms in total. The van der Waals surface area contributed by atoms with Crippen LogP contribution in [0.3, 0.4) is 0 Å². The first-order valence-corrected chi connectivity index (χ1v) is 15.6. The summed E-state index contributed by atoms with van der Waals surface area (Å²) in [6.45, 7) is 7.64. The lowest BCUT2D eigenvalue weighted by atomic mass is 9.49. The molecular formula is C33H47NO5. The van der Waals surface area contributed by atoms with E-state index in [4.69, 9.17) is 9.47 Å². The summed E-state index contributed by atoms with van der Waals surface area (Å²) in [6, 6.07) is 3.75. The molecule has 1 aromatic carbocycles. The zero-order valence-corrected chi connectivity index (χ0v) is 23.8. The van der Waals surface area contributed by atoms with Crippen molar-refractivity contribution in [2.24, 2.45) is 0 Å². The molecule has 2 aliphatic carbocycles. The van der Waals surface area contributed by atoms with E-state index in [-0.39, 0.29) is 17.8 Å². The summed E-state index contributed by atoms with van der Waals surface area (Å²) in [7, 11) is 0. The van der Waals surface area contributed by atoms with Gasteiger partial charge in [-0.05, 0) is 37.3 Å². The lowest BCUT2D eigenvalue weighted by Gasteiger charge is -2.62. The number of ketones is 1. The number of carbonyl (C=O) groups is 2. The van der Waals surface area contributed by atoms with Crippen molar-refractivity contribution in [2.45, 2.75) is 133 Å². The Hall–Kier alpha value is -2.18. The Bertz CT molecular complexity index is 1070. The van der Waals surface area contributed by atoms with Gasteiger partial charge in [-0.1, -0.05) is 83.3 Å². The summed E-state index contributed by atoms with van der Waals surface area (Å²) in [4.78, 5) is 28.3. The van der Waals surface area contributed by atoms with Gasteiger partial charge in [0.2, 0.25) is 0 Å². The van der Waals surface area contributed by atoms with Crippen molar-refractivity contribution < 1.29 is 24.2 Å². The number of benzene rings is 1. The molecule has 6 heteroatoms. The highest BCUT2D eigenvalue weighted by atomic mass is 16.6. The standard InChI is InChI=1S/C33H47NO5/c1-3-5-6-7-8-9-10-11-12-13-14-15-28(36)38-26-17-16-24-23-27-33(37)19-18-25(35)31-32(33,29(24)30(26)39-31)20-22-34(27)21-4-2/h4,16-17,27,31,37H,2-3,5-15,18-23H2,1H3/t27-,31-,32-,33+/m0/s1. The van der Waals surface area contributed by atoms with E-state index in [0.29, 0.717) is 50.1 Å². The zero-order valence-electron chi connectivity index (χ0n) is 23.8. The fourth-order valence-electron chi connectivity index (χ4n) is 7.97. The number of likely N-dealkylation sites (tertiary alicyclic amines) is 1. The van der Waals surface area contributed by atoms with Crippen LogP contribution in [0.4, 0.5) is 0 Å². The van der Waals surface area contributed by atoms with Crippen molar-refractivity contribution in [1.82, 2.24) is 4.90 Å². The summed E-state index contributed by atoms with van der Waals surface area (Å²) in [5.41, 5.74) is 0.184. The molecule has 39 heavy (non-hydrogen) atoms. The predicted octanol–water partition coefficient (Wildman–Crippen LogP) is 6.20. The maximum atomic E-state index is 13.2. The summed E-state index contributed by atoms with van der Waals surface area (Å²) in [6.07, 6.45) is 17.2. The van der Waals surface area contributed by atoms with E-state index >= 15 is 0 Å². The largest absolute Gasteiger partial charge is 0.477 e. The number of piperidine rings is 1. The minimum Gasteiger partial charge on any atom is -0.477 e. The smallest absolute Gasteiger partial charge is 0.311 e. The van der Waals surface area contributed by atoms with Crippen molar-refractivity contribution in [3.63, 3.8) is 0 Å². The van der Waals surface area contributed by atoms with E-state index in [1.807, 2.05) is 18.2 Å². The Labute approximate surface area is 234 Å². The number of esters is 1. The van der Waals surface area contributed by atoms with E-state index in [2.05, 4.69) is 18.4 Å². The maximum Gasteiger partial charge on any atom is 0.311 e. The first kappa shape index (κ1) is 28.4. The Balaban J connectivity index is 1.20. The normalized spacial score (nSPS) is 28.6. The van der Waals surface area contributed by atoms with Gasteiger partial charge in [0.15, 0.2) is 23.4 Å². The van der Waals surface area contributed by atoms with Gasteiger partial charge in [-0.3, -0.25) is 14.5 Å². The van der Waals surface area contributed by atoms with Crippen LogP contribution < -0.4 is 9.47 Å². The van der Waals surface area contributed by atoms with Crippen LogP contribution in [0.5, 0.6) is 11.5 Å². The van der Waals surface area contributed by atoms with Gasteiger partial charge in [0.05, 0.1) is 11.0 Å². The number of unbranched alkanes of at least 4 members (excludes halogenated alkanes) is 10. The second-order valence-electron chi connectivity index (χ2n) is 12.3. The number of hydrogen-bond acceptors (Lipinski definition) is 6. The van der Waals surface area contributed by atoms with Gasteiger partial charge in [0.25, 0.3) is 0 Å². The highest BCUT2D eigenvalue weighted by Gasteiger charge is 2.73. The van der Waals surface area contributed by atoms with Crippen molar-refractivity contribution in [3.05, 3.63) is 35.9 Å². The van der Waals surface area contributed by atoms with Crippen LogP contribution in [0, 0.1) is 0 Å². The van der Waals surface area contributed by atoms with Crippen LogP contribution in [0.1, 0.15) is 114 Å². The molecule has 0 amide bonds. The SMILES string of the molecule is C=CCN1CC[C@]23c4c5ccc(OC(=O)CCCCCCCCCCCCC)c4O[C@H]2C(=O)CC[C@@]3(O)[C@@H]1C5. The first-order valence-electron chi connectivity index (χ1n) is 15.6. The van der Waals surface area contributed by atoms with Crippen LogP contribution in [-0.2, 0) is 21.4 Å². The van der Waals surface area contributed by atoms with Gasteiger partial charge in [-0.15, -0.1) is 6.58 Å². The van der Waals surface area contributed by atoms with Crippen LogP contribution in [-0.4, -0.2) is 52.6 Å². The fraction of sp³-hybridized carbons (Fsp3) is 0.697. The molecule has 0 aromatic heterocycles. The summed E-state index contributed by atoms with van der Waals surface area (Å²) in [5, 5.41) is 12.3. The van der Waals surface area contributed by atoms with Crippen molar-refractivity contribution in [3.8, 4) is 11.5 Å². The topological polar surface area (TPSA) is 76.1 Å². The zero-order chi connectivity index (χ0) is 27.5. The predicted molar refractivity (Wildman–Crippen MR) is 152 cm³/mol. The van der Waals surface area contributed by atoms with Crippen LogP contribution >= 0.6 is 0 Å². The molecule has 4 aliphatic rings. The molecule has 1 spiro atoms. The molecule has 0 unspecified atom stereocenters. The molecule has 1 N–H and O–H groups in total. The monoisotopic (exact) mass is 537 g/mol. The number of rotatable bonds is 15. The number of ether oxygens (including phenoxy) is 2. The molecule has 2 aliphatic heterocycles. The minimum atomic E-state index is -1.05. The second kappa shape index (κ2) is 12.1. The Kier molecular flexibility index (Phi) is 8.82. The Morgan fingerprint density at radius 2 is 1.79 bits per heavy atom. The average Bonchev–Trinajstić information content (AvgIpc) is 3.28. The molecule has 1 saturated heterocycles. The molecule has 214 valence electrons. The highest BCUT2D eigenvalue weighted by molar-refractivity contribution is 5.90. The number of aliphatic hydroxyl groups is 1. The number of Topliss-reactive ketones (excluding diaryl/α,β-unsaturated/α-hetero) is 1. The molecule has 1 saturated carbocycles. The van der Waals surface area contributed by atoms with Gasteiger partial charge < -0.3 is 14.6 Å². The Morgan fingerprint density at radius 3 is 2.49 bits per heavy atom. The van der Waals surface area contributed by atoms with Crippen molar-refractivity contribution >= 4 is 11.8 Å². The van der Waals surface area contributed by atoms with E-state index in [1.165, 1.54) is 51.4 Å². The first-order chi connectivity index (χ1) is 19.0. The molecule has 0 radical (unpaired) electrons. The van der Waals surface area contributed by atoms with Gasteiger partial charge >= 0.3 is 5.97 Å². The lowest BCUT2D eigenvalue weighted by Crippen LogP contribution is -2.76. The van der Waals surface area contributed by atoms with Crippen LogP contribution in [0.25, 0.3) is 0 Å². The summed E-state index contributed by atoms with van der Waals surface area (Å²) in [5.74, 6) is 0.689. The van der Waals surface area contributed by atoms with Crippen molar-refractivity contribution in [1.29, 1.82) is 0 Å². The molecule has 2 bridgehead atoms. The van der Waals surface area contributed by atoms with Crippen LogP contribution in [0.15, 0.2) is 24.8 Å². The highest BCUT2D eigenvalue weighted by Crippen LogP contribution is 2.64. The molecular weight excluding hydrogens is 490 g/mol. The number of hydrogen-bond donors (Lipinski definition) is 1. The second-order valence-corrected chi connectivity index (χ2v) is 12.3. The van der Waals surface area contributed by atoms with Gasteiger partial charge in [-0.25, -0.2) is 0 Å². The summed E-state index contributed by atoms with van der Waals surface area (Å²) < 4.78 is 12.2. The molecule has 4 atom stereocenters. The van der Waals surface area contributed by atoms with Gasteiger partial charge in [0, 0.05) is 37.5 Å². The van der Waals surface area contributed by atoms with E-state index in [0.717, 1.165) is 36.9 Å². The minimum absolute atomic E-state index is 0.0397. The third kappa shape index (κ3) is 5.08. The van der Waals surface area contributed by atoms with Gasteiger partial charge in [-0.2, -0.15) is 0 Å². The third-order valence-electron chi connectivity index (χ3n) is 9.93. The van der Waals surface area contributed by atoms with E-state index < -0.39 is 17.1 Å². The third-order valence-corrected chi connectivity index (χ3v) is 9.93. The fourth-order valence-corrected chi connectivity index (χ4v) is 7.97. The maximum absolute atomic E-state index is 13.2. The molecule has 2 heterocycles. The quantitative estimate of drug-likeness (QED) is 0.124. The summed E-state index contributed by atoms with van der Waals surface area (Å²) >= 11 is 0. The molecule has 2 fully saturated rings. The number of carbonyl (C=O) groups excluding carboxylic acids is 2. The number of nitrogens with zero attached hydrogens (tertiary/aromatic N) is 1. The Morgan fingerprint density at radius 1 is 1.10 bits per heavy atom. The lowest BCUT2D eigenvalue weighted by molar-refractivity contribution is -0.187.